The van der Waals surface area contributed by atoms with Gasteiger partial charge in [0.25, 0.3) is 0 Å². The van der Waals surface area contributed by atoms with E-state index >= 15 is 0 Å². The van der Waals surface area contributed by atoms with Gasteiger partial charge in [-0.05, 0) is 6.42 Å². The van der Waals surface area contributed by atoms with Crippen LogP contribution in [0.15, 0.2) is 0 Å². The van der Waals surface area contributed by atoms with Crippen LogP contribution in [0, 0.1) is 0 Å². The molecule has 3 amide bonds. The Morgan fingerprint density at radius 1 is 1.19 bits per heavy atom. The summed E-state index contributed by atoms with van der Waals surface area (Å²) in [6.07, 6.45) is 3.23. The Balaban J connectivity index is 3.21. The van der Waals surface area contributed by atoms with E-state index in [1.54, 1.807) is 0 Å². The molecule has 0 unspecified atom stereocenters. The van der Waals surface area contributed by atoms with Gasteiger partial charge in [-0.3, -0.25) is 4.79 Å². The topological polar surface area (TPSA) is 93.4 Å². The van der Waals surface area contributed by atoms with Crippen LogP contribution in [0.4, 0.5) is 4.79 Å². The van der Waals surface area contributed by atoms with E-state index in [-0.39, 0.29) is 12.5 Å². The van der Waals surface area contributed by atoms with Crippen molar-refractivity contribution in [2.24, 2.45) is 5.73 Å². The Morgan fingerprint density at radius 2 is 1.88 bits per heavy atom. The number of carbonyl (C=O) groups is 2. The standard InChI is InChI=1S/C10H21N3O3/c1-2-3-4-7-16-8-9(14)12-5-6-13-10(11)15/h2-8H2,1H3,(H,12,14)(H3,11,13,15). The minimum Gasteiger partial charge on any atom is -0.372 e. The van der Waals surface area contributed by atoms with Gasteiger partial charge in [-0.25, -0.2) is 4.79 Å². The average molecular weight is 231 g/mol. The number of rotatable bonds is 9. The Kier molecular flexibility index (Phi) is 9.39. The summed E-state index contributed by atoms with van der Waals surface area (Å²) in [5.41, 5.74) is 4.85. The molecule has 0 bridgehead atoms. The molecule has 0 saturated carbocycles. The van der Waals surface area contributed by atoms with Gasteiger partial charge in [-0.1, -0.05) is 19.8 Å². The summed E-state index contributed by atoms with van der Waals surface area (Å²) in [5, 5.41) is 4.96. The number of unbranched alkanes of at least 4 members (excludes halogenated alkanes) is 2. The number of amides is 3. The van der Waals surface area contributed by atoms with Crippen LogP contribution in [0.25, 0.3) is 0 Å². The van der Waals surface area contributed by atoms with Crippen molar-refractivity contribution in [1.82, 2.24) is 10.6 Å². The summed E-state index contributed by atoms with van der Waals surface area (Å²) in [6.45, 7) is 3.48. The number of carbonyl (C=O) groups excluding carboxylic acids is 2. The van der Waals surface area contributed by atoms with Crippen LogP contribution < -0.4 is 16.4 Å². The number of primary amides is 1. The lowest BCUT2D eigenvalue weighted by Gasteiger charge is -2.06. The largest absolute Gasteiger partial charge is 0.372 e. The minimum atomic E-state index is -0.593. The lowest BCUT2D eigenvalue weighted by atomic mass is 10.3. The summed E-state index contributed by atoms with van der Waals surface area (Å²) >= 11 is 0. The SMILES string of the molecule is CCCCCOCC(=O)NCCNC(N)=O. The monoisotopic (exact) mass is 231 g/mol. The van der Waals surface area contributed by atoms with E-state index in [1.807, 2.05) is 0 Å². The van der Waals surface area contributed by atoms with Crippen LogP contribution in [-0.4, -0.2) is 38.2 Å². The van der Waals surface area contributed by atoms with Crippen molar-refractivity contribution in [1.29, 1.82) is 0 Å². The maximum Gasteiger partial charge on any atom is 0.312 e. The first-order chi connectivity index (χ1) is 7.66. The maximum absolute atomic E-state index is 11.1. The highest BCUT2D eigenvalue weighted by atomic mass is 16.5. The van der Waals surface area contributed by atoms with E-state index in [2.05, 4.69) is 17.6 Å². The number of nitrogens with one attached hydrogen (secondary N) is 2. The third-order valence-electron chi connectivity index (χ3n) is 1.87. The van der Waals surface area contributed by atoms with Gasteiger partial charge >= 0.3 is 6.03 Å². The molecule has 0 radical (unpaired) electrons. The molecule has 0 saturated heterocycles. The van der Waals surface area contributed by atoms with Gasteiger partial charge in [0, 0.05) is 19.7 Å². The molecule has 94 valence electrons. The second-order valence-corrected chi connectivity index (χ2v) is 3.40. The average Bonchev–Trinajstić information content (AvgIpc) is 2.24. The van der Waals surface area contributed by atoms with Gasteiger partial charge in [0.1, 0.15) is 6.61 Å². The number of hydrogen-bond donors (Lipinski definition) is 3. The molecular weight excluding hydrogens is 210 g/mol. The summed E-state index contributed by atoms with van der Waals surface area (Å²) in [6, 6.07) is -0.593. The zero-order valence-corrected chi connectivity index (χ0v) is 9.75. The van der Waals surface area contributed by atoms with E-state index in [4.69, 9.17) is 10.5 Å². The molecule has 6 heteroatoms. The quantitative estimate of drug-likeness (QED) is 0.487. The van der Waals surface area contributed by atoms with Crippen molar-refractivity contribution in [2.75, 3.05) is 26.3 Å². The van der Waals surface area contributed by atoms with E-state index in [9.17, 15) is 9.59 Å². The molecular formula is C10H21N3O3. The molecule has 0 fully saturated rings. The molecule has 0 heterocycles. The Hall–Kier alpha value is -1.30. The predicted molar refractivity (Wildman–Crippen MR) is 60.9 cm³/mol. The lowest BCUT2D eigenvalue weighted by molar-refractivity contribution is -0.125. The minimum absolute atomic E-state index is 0.0697. The molecule has 0 atom stereocenters. The molecule has 0 spiro atoms. The first-order valence-electron chi connectivity index (χ1n) is 5.54. The van der Waals surface area contributed by atoms with E-state index < -0.39 is 6.03 Å². The fraction of sp³-hybridized carbons (Fsp3) is 0.800. The highest BCUT2D eigenvalue weighted by Crippen LogP contribution is 1.93. The fourth-order valence-corrected chi connectivity index (χ4v) is 1.06. The van der Waals surface area contributed by atoms with Crippen LogP contribution in [0.5, 0.6) is 0 Å². The van der Waals surface area contributed by atoms with Crippen molar-refractivity contribution in [3.05, 3.63) is 0 Å². The zero-order valence-electron chi connectivity index (χ0n) is 9.75. The molecule has 0 rings (SSSR count). The normalized spacial score (nSPS) is 9.81. The molecule has 0 aromatic carbocycles. The lowest BCUT2D eigenvalue weighted by Crippen LogP contribution is -2.38. The van der Waals surface area contributed by atoms with Gasteiger partial charge in [0.2, 0.25) is 5.91 Å². The second kappa shape index (κ2) is 10.2. The fourth-order valence-electron chi connectivity index (χ4n) is 1.06. The third-order valence-corrected chi connectivity index (χ3v) is 1.87. The van der Waals surface area contributed by atoms with Crippen molar-refractivity contribution < 1.29 is 14.3 Å². The summed E-state index contributed by atoms with van der Waals surface area (Å²) in [4.78, 5) is 21.4. The van der Waals surface area contributed by atoms with Gasteiger partial charge in [-0.2, -0.15) is 0 Å². The summed E-state index contributed by atoms with van der Waals surface area (Å²) in [7, 11) is 0. The first-order valence-corrected chi connectivity index (χ1v) is 5.54. The molecule has 16 heavy (non-hydrogen) atoms. The van der Waals surface area contributed by atoms with E-state index in [0.29, 0.717) is 19.7 Å². The van der Waals surface area contributed by atoms with Crippen LogP contribution in [0.1, 0.15) is 26.2 Å². The summed E-state index contributed by atoms with van der Waals surface area (Å²) in [5.74, 6) is -0.178. The van der Waals surface area contributed by atoms with Gasteiger partial charge in [-0.15, -0.1) is 0 Å². The van der Waals surface area contributed by atoms with Gasteiger partial charge < -0.3 is 21.1 Å². The van der Waals surface area contributed by atoms with Crippen LogP contribution in [-0.2, 0) is 9.53 Å². The van der Waals surface area contributed by atoms with Crippen LogP contribution >= 0.6 is 0 Å². The van der Waals surface area contributed by atoms with E-state index in [0.717, 1.165) is 19.3 Å². The zero-order chi connectivity index (χ0) is 12.2. The van der Waals surface area contributed by atoms with E-state index in [1.165, 1.54) is 0 Å². The number of ether oxygens (including phenoxy) is 1. The van der Waals surface area contributed by atoms with Crippen LogP contribution in [0.3, 0.4) is 0 Å². The highest BCUT2D eigenvalue weighted by molar-refractivity contribution is 5.77. The molecule has 0 aliphatic rings. The smallest absolute Gasteiger partial charge is 0.312 e. The Bertz CT molecular complexity index is 209. The molecule has 0 aromatic rings. The summed E-state index contributed by atoms with van der Waals surface area (Å²) < 4.78 is 5.15. The number of urea groups is 1. The van der Waals surface area contributed by atoms with Gasteiger partial charge in [0.15, 0.2) is 0 Å². The Morgan fingerprint density at radius 3 is 2.50 bits per heavy atom. The van der Waals surface area contributed by atoms with Gasteiger partial charge in [0.05, 0.1) is 0 Å². The first kappa shape index (κ1) is 14.7. The van der Waals surface area contributed by atoms with Crippen molar-refractivity contribution in [2.45, 2.75) is 26.2 Å². The molecule has 4 N–H and O–H groups in total. The number of hydrogen-bond acceptors (Lipinski definition) is 3. The Labute approximate surface area is 95.9 Å². The maximum atomic E-state index is 11.1. The van der Waals surface area contributed by atoms with Crippen molar-refractivity contribution in [3.63, 3.8) is 0 Å². The number of nitrogens with two attached hydrogens (primary N) is 1. The molecule has 0 aliphatic heterocycles. The predicted octanol–water partition coefficient (Wildman–Crippen LogP) is -0.0223. The third kappa shape index (κ3) is 10.8. The molecule has 0 aromatic heterocycles. The highest BCUT2D eigenvalue weighted by Gasteiger charge is 2.00. The second-order valence-electron chi connectivity index (χ2n) is 3.40. The molecule has 0 aliphatic carbocycles. The van der Waals surface area contributed by atoms with Crippen LogP contribution in [0.2, 0.25) is 0 Å². The van der Waals surface area contributed by atoms with Crippen molar-refractivity contribution in [3.8, 4) is 0 Å². The molecule has 6 nitrogen and oxygen atoms in total. The van der Waals surface area contributed by atoms with Crippen molar-refractivity contribution >= 4 is 11.9 Å².